The van der Waals surface area contributed by atoms with Gasteiger partial charge in [-0.2, -0.15) is 13.9 Å². The molecular formula is C23H27F2N5O2. The molecule has 0 aliphatic heterocycles. The lowest BCUT2D eigenvalue weighted by Crippen LogP contribution is -2.38. The Morgan fingerprint density at radius 2 is 1.97 bits per heavy atom. The van der Waals surface area contributed by atoms with Gasteiger partial charge in [0.25, 0.3) is 0 Å². The maximum absolute atomic E-state index is 12.7. The number of halogens is 2. The van der Waals surface area contributed by atoms with Crippen LogP contribution in [0.25, 0.3) is 5.69 Å². The number of ether oxygens (including phenoxy) is 2. The monoisotopic (exact) mass is 443 g/mol. The van der Waals surface area contributed by atoms with Crippen molar-refractivity contribution >= 4 is 5.96 Å². The van der Waals surface area contributed by atoms with Gasteiger partial charge in [0.05, 0.1) is 25.5 Å². The summed E-state index contributed by atoms with van der Waals surface area (Å²) in [6.45, 7) is 0.494. The number of guanidine groups is 1. The highest BCUT2D eigenvalue weighted by Gasteiger charge is 2.11. The zero-order valence-electron chi connectivity index (χ0n) is 18.1. The second-order valence-electron chi connectivity index (χ2n) is 6.85. The molecule has 0 aliphatic carbocycles. The minimum atomic E-state index is -2.91. The van der Waals surface area contributed by atoms with E-state index in [-0.39, 0.29) is 12.3 Å². The average Bonchev–Trinajstić information content (AvgIpc) is 3.27. The fourth-order valence-corrected chi connectivity index (χ4v) is 3.06. The van der Waals surface area contributed by atoms with Gasteiger partial charge in [-0.15, -0.1) is 0 Å². The second-order valence-corrected chi connectivity index (χ2v) is 6.85. The number of hydrogen-bond acceptors (Lipinski definition) is 4. The zero-order valence-corrected chi connectivity index (χ0v) is 18.1. The lowest BCUT2D eigenvalue weighted by molar-refractivity contribution is -0.0504. The van der Waals surface area contributed by atoms with Gasteiger partial charge in [-0.25, -0.2) is 9.67 Å². The van der Waals surface area contributed by atoms with Crippen LogP contribution >= 0.6 is 0 Å². The predicted molar refractivity (Wildman–Crippen MR) is 120 cm³/mol. The summed E-state index contributed by atoms with van der Waals surface area (Å²) in [6.07, 6.45) is 4.57. The van der Waals surface area contributed by atoms with Crippen molar-refractivity contribution in [3.05, 3.63) is 72.1 Å². The molecule has 7 nitrogen and oxygen atoms in total. The van der Waals surface area contributed by atoms with Gasteiger partial charge >= 0.3 is 6.61 Å². The molecule has 1 heterocycles. The van der Waals surface area contributed by atoms with Crippen molar-refractivity contribution in [3.63, 3.8) is 0 Å². The van der Waals surface area contributed by atoms with E-state index < -0.39 is 6.61 Å². The molecule has 1 aromatic heterocycles. The van der Waals surface area contributed by atoms with E-state index in [9.17, 15) is 8.78 Å². The lowest BCUT2D eigenvalue weighted by Gasteiger charge is -2.13. The first-order chi connectivity index (χ1) is 15.6. The van der Waals surface area contributed by atoms with Crippen LogP contribution in [0, 0.1) is 0 Å². The molecule has 0 saturated carbocycles. The molecule has 0 bridgehead atoms. The summed E-state index contributed by atoms with van der Waals surface area (Å²) in [7, 11) is 1.52. The normalized spacial score (nSPS) is 11.5. The third-order valence-corrected chi connectivity index (χ3v) is 4.60. The summed E-state index contributed by atoms with van der Waals surface area (Å²) >= 11 is 0. The molecule has 2 aromatic carbocycles. The van der Waals surface area contributed by atoms with E-state index in [2.05, 4.69) is 25.5 Å². The van der Waals surface area contributed by atoms with Gasteiger partial charge in [0.1, 0.15) is 11.5 Å². The minimum absolute atomic E-state index is 0.0775. The molecule has 3 aromatic rings. The van der Waals surface area contributed by atoms with Gasteiger partial charge in [0.2, 0.25) is 0 Å². The van der Waals surface area contributed by atoms with E-state index in [1.165, 1.54) is 13.2 Å². The Hall–Kier alpha value is -3.62. The summed E-state index contributed by atoms with van der Waals surface area (Å²) < 4.78 is 37.1. The standard InChI is InChI=1S/C23H27F2N5O2/c1-3-26-23(28-15-18-13-20(31-2)9-10-21(18)32-22(24)25)27-12-11-17-14-29-30(16-17)19-7-5-4-6-8-19/h4-10,13-14,16,22H,3,11-12,15H2,1-2H3,(H2,26,27,28). The topological polar surface area (TPSA) is 72.7 Å². The third-order valence-electron chi connectivity index (χ3n) is 4.60. The summed E-state index contributed by atoms with van der Waals surface area (Å²) in [5.41, 5.74) is 2.59. The Balaban J connectivity index is 1.61. The SMILES string of the molecule is CCNC(=NCc1cc(OC)ccc1OC(F)F)NCCc1cnn(-c2ccccc2)c1. The number of rotatable bonds is 10. The molecule has 0 spiro atoms. The summed E-state index contributed by atoms with van der Waals surface area (Å²) in [5, 5.41) is 10.8. The van der Waals surface area contributed by atoms with Crippen molar-refractivity contribution in [1.29, 1.82) is 0 Å². The molecular weight excluding hydrogens is 416 g/mol. The van der Waals surface area contributed by atoms with Crippen LogP contribution < -0.4 is 20.1 Å². The van der Waals surface area contributed by atoms with Crippen LogP contribution in [0.1, 0.15) is 18.1 Å². The van der Waals surface area contributed by atoms with Crippen LogP contribution in [0.5, 0.6) is 11.5 Å². The highest BCUT2D eigenvalue weighted by Crippen LogP contribution is 2.26. The first-order valence-corrected chi connectivity index (χ1v) is 10.3. The van der Waals surface area contributed by atoms with E-state index in [4.69, 9.17) is 4.74 Å². The first-order valence-electron chi connectivity index (χ1n) is 10.3. The lowest BCUT2D eigenvalue weighted by atomic mass is 10.2. The predicted octanol–water partition coefficient (Wildman–Crippen LogP) is 3.78. The molecule has 2 N–H and O–H groups in total. The Kier molecular flexibility index (Phi) is 8.42. The molecule has 0 atom stereocenters. The molecule has 32 heavy (non-hydrogen) atoms. The van der Waals surface area contributed by atoms with Crippen LogP contribution in [0.15, 0.2) is 65.9 Å². The fraction of sp³-hybridized carbons (Fsp3) is 0.304. The van der Waals surface area contributed by atoms with Gasteiger partial charge in [-0.05, 0) is 49.2 Å². The summed E-state index contributed by atoms with van der Waals surface area (Å²) in [6, 6.07) is 14.6. The van der Waals surface area contributed by atoms with Gasteiger partial charge in [0, 0.05) is 24.8 Å². The molecule has 3 rings (SSSR count). The zero-order chi connectivity index (χ0) is 22.8. The number of nitrogens with zero attached hydrogens (tertiary/aromatic N) is 3. The maximum Gasteiger partial charge on any atom is 0.387 e. The fourth-order valence-electron chi connectivity index (χ4n) is 3.06. The molecule has 0 saturated heterocycles. The van der Waals surface area contributed by atoms with Gasteiger partial charge in [-0.3, -0.25) is 0 Å². The number of aliphatic imine (C=N–C) groups is 1. The number of aromatic nitrogens is 2. The summed E-state index contributed by atoms with van der Waals surface area (Å²) in [5.74, 6) is 1.20. The molecule has 0 unspecified atom stereocenters. The third kappa shape index (κ3) is 6.69. The van der Waals surface area contributed by atoms with Crippen molar-refractivity contribution in [2.24, 2.45) is 4.99 Å². The Bertz CT molecular complexity index is 1010. The largest absolute Gasteiger partial charge is 0.497 e. The van der Waals surface area contributed by atoms with Crippen LogP contribution in [-0.4, -0.2) is 42.6 Å². The molecule has 0 fully saturated rings. The Morgan fingerprint density at radius 3 is 2.69 bits per heavy atom. The maximum atomic E-state index is 12.7. The van der Waals surface area contributed by atoms with Gasteiger partial charge in [-0.1, -0.05) is 18.2 Å². The van der Waals surface area contributed by atoms with E-state index >= 15 is 0 Å². The van der Waals surface area contributed by atoms with Gasteiger partial charge < -0.3 is 20.1 Å². The Labute approximate surface area is 186 Å². The summed E-state index contributed by atoms with van der Waals surface area (Å²) in [4.78, 5) is 4.50. The van der Waals surface area contributed by atoms with Gasteiger partial charge in [0.15, 0.2) is 5.96 Å². The highest BCUT2D eigenvalue weighted by molar-refractivity contribution is 5.79. The average molecular weight is 443 g/mol. The number of para-hydroxylation sites is 1. The smallest absolute Gasteiger partial charge is 0.387 e. The minimum Gasteiger partial charge on any atom is -0.497 e. The second kappa shape index (κ2) is 11.7. The van der Waals surface area contributed by atoms with E-state index in [1.54, 1.807) is 12.1 Å². The number of benzene rings is 2. The number of alkyl halides is 2. The van der Waals surface area contributed by atoms with Crippen molar-refractivity contribution in [3.8, 4) is 17.2 Å². The quantitative estimate of drug-likeness (QED) is 0.369. The van der Waals surface area contributed by atoms with E-state index in [0.717, 1.165) is 17.7 Å². The molecule has 170 valence electrons. The van der Waals surface area contributed by atoms with Crippen molar-refractivity contribution in [2.75, 3.05) is 20.2 Å². The highest BCUT2D eigenvalue weighted by atomic mass is 19.3. The first kappa shape index (κ1) is 23.1. The van der Waals surface area contributed by atoms with Crippen molar-refractivity contribution < 1.29 is 18.3 Å². The van der Waals surface area contributed by atoms with Crippen molar-refractivity contribution in [1.82, 2.24) is 20.4 Å². The molecule has 9 heteroatoms. The van der Waals surface area contributed by atoms with Crippen molar-refractivity contribution in [2.45, 2.75) is 26.5 Å². The van der Waals surface area contributed by atoms with E-state index in [1.807, 2.05) is 54.3 Å². The number of nitrogens with one attached hydrogen (secondary N) is 2. The Morgan fingerprint density at radius 1 is 1.16 bits per heavy atom. The molecule has 0 amide bonds. The van der Waals surface area contributed by atoms with Crippen LogP contribution in [0.3, 0.4) is 0 Å². The number of hydrogen-bond donors (Lipinski definition) is 2. The van der Waals surface area contributed by atoms with Crippen LogP contribution in [0.4, 0.5) is 8.78 Å². The number of methoxy groups -OCH3 is 1. The van der Waals surface area contributed by atoms with E-state index in [0.29, 0.717) is 30.4 Å². The van der Waals surface area contributed by atoms with Crippen LogP contribution in [-0.2, 0) is 13.0 Å². The molecule has 0 aliphatic rings. The van der Waals surface area contributed by atoms with Crippen LogP contribution in [0.2, 0.25) is 0 Å². The molecule has 0 radical (unpaired) electrons.